The molecule has 6 heteroatoms. The molecule has 1 aromatic heterocycles. The van der Waals surface area contributed by atoms with Crippen molar-refractivity contribution in [3.63, 3.8) is 0 Å². The Balaban J connectivity index is 1.51. The van der Waals surface area contributed by atoms with Crippen LogP contribution in [0.25, 0.3) is 0 Å². The summed E-state index contributed by atoms with van der Waals surface area (Å²) in [6, 6.07) is 2.32. The molecular formula is C16H26N4OS. The Morgan fingerprint density at radius 1 is 1.32 bits per heavy atom. The largest absolute Gasteiger partial charge is 0.312 e. The molecule has 2 heterocycles. The lowest BCUT2D eigenvalue weighted by Crippen LogP contribution is -2.39. The van der Waals surface area contributed by atoms with Crippen LogP contribution < -0.4 is 10.6 Å². The first-order valence-corrected chi connectivity index (χ1v) is 9.63. The highest BCUT2D eigenvalue weighted by atomic mass is 32.2. The first-order chi connectivity index (χ1) is 10.8. The predicted molar refractivity (Wildman–Crippen MR) is 91.4 cm³/mol. The molecule has 1 atom stereocenters. The lowest BCUT2D eigenvalue weighted by molar-refractivity contribution is -0.116. The maximum Gasteiger partial charge on any atom is 0.227 e. The summed E-state index contributed by atoms with van der Waals surface area (Å²) in [6.45, 7) is 0.997. The lowest BCUT2D eigenvalue weighted by Gasteiger charge is -2.22. The SMILES string of the molecule is O=C(CC1CSCCN1)Nc1cc(C2CCCCCC2)[nH]n1. The number of nitrogens with zero attached hydrogens (tertiary/aromatic N) is 1. The van der Waals surface area contributed by atoms with Gasteiger partial charge in [0.1, 0.15) is 0 Å². The standard InChI is InChI=1S/C16H26N4OS/c21-16(9-13-11-22-8-7-17-13)18-15-10-14(19-20-15)12-5-3-1-2-4-6-12/h10,12-13,17H,1-9,11H2,(H2,18,19,20,21). The molecule has 122 valence electrons. The minimum Gasteiger partial charge on any atom is -0.312 e. The van der Waals surface area contributed by atoms with Crippen LogP contribution in [0.1, 0.15) is 56.6 Å². The van der Waals surface area contributed by atoms with E-state index in [4.69, 9.17) is 0 Å². The second-order valence-electron chi connectivity index (χ2n) is 6.38. The van der Waals surface area contributed by atoms with Crippen LogP contribution in [-0.2, 0) is 4.79 Å². The van der Waals surface area contributed by atoms with Crippen LogP contribution in [0.3, 0.4) is 0 Å². The van der Waals surface area contributed by atoms with Gasteiger partial charge in [-0.1, -0.05) is 25.7 Å². The number of nitrogens with one attached hydrogen (secondary N) is 3. The summed E-state index contributed by atoms with van der Waals surface area (Å²) in [4.78, 5) is 12.1. The molecule has 2 aliphatic rings. The molecule has 3 N–H and O–H groups in total. The number of hydrogen-bond acceptors (Lipinski definition) is 4. The van der Waals surface area contributed by atoms with Gasteiger partial charge in [-0.3, -0.25) is 9.89 Å². The number of aromatic amines is 1. The van der Waals surface area contributed by atoms with Crippen molar-refractivity contribution in [1.29, 1.82) is 0 Å². The van der Waals surface area contributed by atoms with Gasteiger partial charge in [-0.15, -0.1) is 0 Å². The fourth-order valence-electron chi connectivity index (χ4n) is 3.37. The maximum atomic E-state index is 12.1. The number of carbonyl (C=O) groups is 1. The van der Waals surface area contributed by atoms with E-state index in [1.165, 1.54) is 44.2 Å². The molecule has 22 heavy (non-hydrogen) atoms. The number of carbonyl (C=O) groups excluding carboxylic acids is 1. The molecule has 3 rings (SSSR count). The number of amides is 1. The zero-order chi connectivity index (χ0) is 15.2. The van der Waals surface area contributed by atoms with Crippen molar-refractivity contribution in [2.24, 2.45) is 0 Å². The van der Waals surface area contributed by atoms with Crippen LogP contribution in [0, 0.1) is 0 Å². The smallest absolute Gasteiger partial charge is 0.227 e. The fourth-order valence-corrected chi connectivity index (χ4v) is 4.32. The monoisotopic (exact) mass is 322 g/mol. The Morgan fingerprint density at radius 2 is 2.14 bits per heavy atom. The van der Waals surface area contributed by atoms with Gasteiger partial charge in [0.2, 0.25) is 5.91 Å². The minimum atomic E-state index is 0.0546. The summed E-state index contributed by atoms with van der Waals surface area (Å²) in [5, 5.41) is 13.7. The van der Waals surface area contributed by atoms with Crippen molar-refractivity contribution in [1.82, 2.24) is 15.5 Å². The molecule has 1 unspecified atom stereocenters. The van der Waals surface area contributed by atoms with Crippen molar-refractivity contribution < 1.29 is 4.79 Å². The van der Waals surface area contributed by atoms with Gasteiger partial charge in [-0.25, -0.2) is 0 Å². The highest BCUT2D eigenvalue weighted by Gasteiger charge is 2.19. The van der Waals surface area contributed by atoms with E-state index in [1.807, 2.05) is 17.8 Å². The molecule has 1 aliphatic heterocycles. The Labute approximate surface area is 136 Å². The van der Waals surface area contributed by atoms with Crippen LogP contribution in [0.5, 0.6) is 0 Å². The van der Waals surface area contributed by atoms with Crippen molar-refractivity contribution in [3.8, 4) is 0 Å². The maximum absolute atomic E-state index is 12.1. The highest BCUT2D eigenvalue weighted by Crippen LogP contribution is 2.31. The molecule has 0 aromatic carbocycles. The molecule has 0 bridgehead atoms. The number of H-pyrrole nitrogens is 1. The third-order valence-corrected chi connectivity index (χ3v) is 5.72. The third-order valence-electron chi connectivity index (χ3n) is 4.59. The average Bonchev–Trinajstić information content (AvgIpc) is 2.82. The van der Waals surface area contributed by atoms with Gasteiger partial charge >= 0.3 is 0 Å². The molecule has 0 radical (unpaired) electrons. The Bertz CT molecular complexity index is 476. The zero-order valence-electron chi connectivity index (χ0n) is 13.1. The third kappa shape index (κ3) is 4.49. The molecule has 0 spiro atoms. The summed E-state index contributed by atoms with van der Waals surface area (Å²) in [6.07, 6.45) is 8.30. The second kappa shape index (κ2) is 8.02. The summed E-state index contributed by atoms with van der Waals surface area (Å²) in [5.41, 5.74) is 1.18. The van der Waals surface area contributed by atoms with E-state index in [2.05, 4.69) is 20.8 Å². The first kappa shape index (κ1) is 15.9. The molecule has 1 saturated heterocycles. The van der Waals surface area contributed by atoms with Crippen molar-refractivity contribution in [2.45, 2.75) is 56.9 Å². The van der Waals surface area contributed by atoms with Crippen molar-refractivity contribution >= 4 is 23.5 Å². The van der Waals surface area contributed by atoms with Gasteiger partial charge in [0.05, 0.1) is 0 Å². The van der Waals surface area contributed by atoms with E-state index in [0.717, 1.165) is 18.1 Å². The van der Waals surface area contributed by atoms with E-state index in [9.17, 15) is 4.79 Å². The molecule has 1 saturated carbocycles. The average molecular weight is 322 g/mol. The quantitative estimate of drug-likeness (QED) is 0.746. The number of anilines is 1. The van der Waals surface area contributed by atoms with Crippen molar-refractivity contribution in [3.05, 3.63) is 11.8 Å². The number of thioether (sulfide) groups is 1. The molecular weight excluding hydrogens is 296 g/mol. The van der Waals surface area contributed by atoms with Gasteiger partial charge in [0.15, 0.2) is 5.82 Å². The van der Waals surface area contributed by atoms with Gasteiger partial charge in [0, 0.05) is 48.2 Å². The summed E-state index contributed by atoms with van der Waals surface area (Å²) < 4.78 is 0. The van der Waals surface area contributed by atoms with E-state index in [-0.39, 0.29) is 5.91 Å². The Kier molecular flexibility index (Phi) is 5.78. The van der Waals surface area contributed by atoms with E-state index in [0.29, 0.717) is 24.2 Å². The van der Waals surface area contributed by atoms with Gasteiger partial charge < -0.3 is 10.6 Å². The van der Waals surface area contributed by atoms with Crippen LogP contribution in [0.15, 0.2) is 6.07 Å². The van der Waals surface area contributed by atoms with Gasteiger partial charge in [-0.2, -0.15) is 16.9 Å². The Hall–Kier alpha value is -1.01. The summed E-state index contributed by atoms with van der Waals surface area (Å²) in [5.74, 6) is 3.47. The van der Waals surface area contributed by atoms with E-state index < -0.39 is 0 Å². The van der Waals surface area contributed by atoms with Gasteiger partial charge in [-0.05, 0) is 12.8 Å². The predicted octanol–water partition coefficient (Wildman–Crippen LogP) is 2.88. The normalized spacial score (nSPS) is 23.9. The van der Waals surface area contributed by atoms with Crippen LogP contribution >= 0.6 is 11.8 Å². The summed E-state index contributed by atoms with van der Waals surface area (Å²) >= 11 is 1.91. The lowest BCUT2D eigenvalue weighted by atomic mass is 9.97. The minimum absolute atomic E-state index is 0.0546. The molecule has 1 aliphatic carbocycles. The van der Waals surface area contributed by atoms with E-state index >= 15 is 0 Å². The fraction of sp³-hybridized carbons (Fsp3) is 0.750. The number of aromatic nitrogens is 2. The summed E-state index contributed by atoms with van der Waals surface area (Å²) in [7, 11) is 0. The van der Waals surface area contributed by atoms with E-state index in [1.54, 1.807) is 0 Å². The molecule has 2 fully saturated rings. The first-order valence-electron chi connectivity index (χ1n) is 8.47. The topological polar surface area (TPSA) is 69.8 Å². The zero-order valence-corrected chi connectivity index (χ0v) is 13.9. The second-order valence-corrected chi connectivity index (χ2v) is 7.53. The van der Waals surface area contributed by atoms with Crippen LogP contribution in [-0.4, -0.2) is 40.2 Å². The Morgan fingerprint density at radius 3 is 2.86 bits per heavy atom. The highest BCUT2D eigenvalue weighted by molar-refractivity contribution is 7.99. The molecule has 1 aromatic rings. The van der Waals surface area contributed by atoms with Gasteiger partial charge in [0.25, 0.3) is 0 Å². The molecule has 1 amide bonds. The number of hydrogen-bond donors (Lipinski definition) is 3. The van der Waals surface area contributed by atoms with Crippen LogP contribution in [0.4, 0.5) is 5.82 Å². The molecule has 5 nitrogen and oxygen atoms in total. The van der Waals surface area contributed by atoms with Crippen molar-refractivity contribution in [2.75, 3.05) is 23.4 Å². The number of rotatable bonds is 4. The van der Waals surface area contributed by atoms with Crippen LogP contribution in [0.2, 0.25) is 0 Å².